The molecule has 0 spiro atoms. The Morgan fingerprint density at radius 1 is 0.306 bits per heavy atom. The van der Waals surface area contributed by atoms with Crippen LogP contribution < -0.4 is 81.4 Å². The maximum absolute atomic E-state index is 15.1. The number of carbonyl (C=O) groups is 12. The first-order chi connectivity index (χ1) is 53.2. The van der Waals surface area contributed by atoms with E-state index in [-0.39, 0.29) is 57.9 Å². The van der Waals surface area contributed by atoms with Gasteiger partial charge in [-0.15, -0.1) is 0 Å². The smallest absolute Gasteiger partial charge is 0.243 e. The van der Waals surface area contributed by atoms with E-state index in [1.165, 1.54) is 75.1 Å². The molecule has 12 amide bonds. The number of primary amides is 1. The molecule has 0 radical (unpaired) electrons. The highest BCUT2D eigenvalue weighted by molar-refractivity contribution is 6.00. The van der Waals surface area contributed by atoms with Crippen LogP contribution in [0.4, 0.5) is 0 Å². The van der Waals surface area contributed by atoms with Crippen molar-refractivity contribution in [3.05, 3.63) is 109 Å². The second kappa shape index (κ2) is 45.7. The molecule has 111 heavy (non-hydrogen) atoms. The van der Waals surface area contributed by atoms with Crippen LogP contribution in [0.25, 0.3) is 0 Å². The number of unbranched alkanes of at least 4 members (excludes halogenated alkanes) is 2. The van der Waals surface area contributed by atoms with Crippen LogP contribution in [0.5, 0.6) is 0 Å². The molecular formula is C72H113N27O12. The minimum atomic E-state index is -1.54. The third-order valence-electron chi connectivity index (χ3n) is 19.8. The number of H-pyrrole nitrogens is 6. The summed E-state index contributed by atoms with van der Waals surface area (Å²) in [6.07, 6.45) is 19.6. The van der Waals surface area contributed by atoms with E-state index in [0.717, 1.165) is 0 Å². The van der Waals surface area contributed by atoms with E-state index in [9.17, 15) is 43.2 Å². The highest BCUT2D eigenvalue weighted by Gasteiger charge is 2.40. The number of aromatic nitrogens is 12. The molecule has 0 aliphatic carbocycles. The van der Waals surface area contributed by atoms with E-state index < -0.39 is 167 Å². The Kier molecular flexibility index (Phi) is 36.5. The van der Waals surface area contributed by atoms with Crippen molar-refractivity contribution in [2.45, 2.75) is 231 Å². The SMILES string of the molecule is CC[C@H](C)[C@H](NC(=O)[C@H](CCCCN)NC(=O)[C@@H](NC(=O)[C@@H](NC(=O)[C@H](Cc1cnc[nH]1)NC(=O)[C@H](Cc1cnc[nH]1)NC(=O)[C@H](Cc1cnc[nH]1)NC(=O)[C@H](Cc1cnc[nH]1)NC(=O)[C@H](Cc1cnc[nH]1)NC(=O)[C@@H](N)Cc1cnc[nH]1)[C@@H](C)CC)[C@@H](C)CC)C(=O)N[C@H](C(=O)N[C@@H](CCCCN)C(N)=O)[C@@H](C)CC. The van der Waals surface area contributed by atoms with Crippen molar-refractivity contribution in [1.29, 1.82) is 0 Å². The van der Waals surface area contributed by atoms with Gasteiger partial charge < -0.3 is 111 Å². The van der Waals surface area contributed by atoms with E-state index in [1.54, 1.807) is 41.5 Å². The van der Waals surface area contributed by atoms with E-state index >= 15 is 14.4 Å². The molecule has 0 aliphatic rings. The lowest BCUT2D eigenvalue weighted by atomic mass is 9.93. The Balaban J connectivity index is 1.23. The van der Waals surface area contributed by atoms with Gasteiger partial charge in [0.05, 0.1) is 44.0 Å². The zero-order valence-corrected chi connectivity index (χ0v) is 64.3. The molecule has 6 rings (SSSR count). The van der Waals surface area contributed by atoms with Crippen LogP contribution in [-0.2, 0) is 96.1 Å². The molecule has 0 aromatic carbocycles. The van der Waals surface area contributed by atoms with Crippen molar-refractivity contribution in [3.8, 4) is 0 Å². The standard InChI is InChI=1S/C72H113N27O12/c1-9-39(5)57(69(108)89-50(61(76)100)17-13-15-19-73)98-71(110)59(41(7)11-3)96-63(102)51(18-14-16-20-74)90-70(109)58(40(6)10-2)99-72(111)60(42(8)12-4)97-68(107)56(26-48-32-82-38-88-48)95-67(106)55(25-47-31-81-37-87-47)94-66(105)54(24-46-30-80-36-86-46)93-65(104)53(23-45-29-79-35-85-45)92-64(103)52(22-44-28-78-34-84-44)91-62(101)49(75)21-43-27-77-33-83-43/h27-42,49-60H,9-26,73-75H2,1-8H3,(H2,76,100)(H,77,83)(H,78,84)(H,79,85)(H,80,86)(H,81,87)(H,82,88)(H,89,108)(H,90,109)(H,91,101)(H,92,103)(H,93,104)(H,94,105)(H,95,106)(H,96,102)(H,97,107)(H,98,110)(H,99,111)/t39-,40-,41-,42-,49-,50-,51-,52-,53-,54-,55-,56-,57-,58-,59-,60-/m0/s1. The van der Waals surface area contributed by atoms with Gasteiger partial charge in [-0.25, -0.2) is 29.9 Å². The molecule has 608 valence electrons. The minimum absolute atomic E-state index is 0.0527. The largest absolute Gasteiger partial charge is 0.368 e. The lowest BCUT2D eigenvalue weighted by Crippen LogP contribution is -2.63. The lowest BCUT2D eigenvalue weighted by Gasteiger charge is -2.32. The first-order valence-electron chi connectivity index (χ1n) is 37.8. The number of nitrogens with one attached hydrogen (secondary N) is 17. The Morgan fingerprint density at radius 2 is 0.523 bits per heavy atom. The minimum Gasteiger partial charge on any atom is -0.368 e. The summed E-state index contributed by atoms with van der Waals surface area (Å²) >= 11 is 0. The predicted octanol–water partition coefficient (Wildman–Crippen LogP) is -2.63. The van der Waals surface area contributed by atoms with E-state index in [0.29, 0.717) is 92.1 Å². The number of amides is 12. The van der Waals surface area contributed by atoms with Crippen molar-refractivity contribution < 1.29 is 57.5 Å². The zero-order chi connectivity index (χ0) is 81.1. The fourth-order valence-electron chi connectivity index (χ4n) is 12.1. The van der Waals surface area contributed by atoms with Gasteiger partial charge in [-0.2, -0.15) is 0 Å². The molecule has 0 saturated carbocycles. The highest BCUT2D eigenvalue weighted by Crippen LogP contribution is 2.19. The van der Waals surface area contributed by atoms with E-state index in [4.69, 9.17) is 22.9 Å². The van der Waals surface area contributed by atoms with Gasteiger partial charge in [0.25, 0.3) is 0 Å². The average molecular weight is 1550 g/mol. The Morgan fingerprint density at radius 3 is 0.775 bits per heavy atom. The topological polar surface area (TPSA) is 613 Å². The molecule has 0 fully saturated rings. The van der Waals surface area contributed by atoms with Gasteiger partial charge in [0.15, 0.2) is 0 Å². The van der Waals surface area contributed by atoms with Gasteiger partial charge in [-0.3, -0.25) is 57.5 Å². The second-order valence-corrected chi connectivity index (χ2v) is 28.2. The molecule has 6 aromatic heterocycles. The number of aromatic amines is 6. The average Bonchev–Trinajstić information content (AvgIpc) is 1.62. The molecule has 0 aliphatic heterocycles. The first-order valence-corrected chi connectivity index (χ1v) is 37.8. The monoisotopic (exact) mass is 1550 g/mol. The summed E-state index contributed by atoms with van der Waals surface area (Å²) in [5.41, 5.74) is 26.0. The van der Waals surface area contributed by atoms with Crippen LogP contribution in [0, 0.1) is 23.7 Å². The molecule has 6 heterocycles. The van der Waals surface area contributed by atoms with Crippen LogP contribution in [0.3, 0.4) is 0 Å². The van der Waals surface area contributed by atoms with E-state index in [1.807, 2.05) is 13.8 Å². The van der Waals surface area contributed by atoms with Crippen molar-refractivity contribution in [3.63, 3.8) is 0 Å². The van der Waals surface area contributed by atoms with Gasteiger partial charge in [0.2, 0.25) is 70.9 Å². The Labute approximate surface area is 643 Å². The van der Waals surface area contributed by atoms with Crippen molar-refractivity contribution in [2.75, 3.05) is 13.1 Å². The highest BCUT2D eigenvalue weighted by atomic mass is 16.2. The first kappa shape index (κ1) is 88.7. The zero-order valence-electron chi connectivity index (χ0n) is 64.3. The number of carbonyl (C=O) groups excluding carboxylic acids is 12. The van der Waals surface area contributed by atoms with Crippen molar-refractivity contribution in [1.82, 2.24) is 118 Å². The Bertz CT molecular complexity index is 3840. The second-order valence-electron chi connectivity index (χ2n) is 28.2. The molecule has 0 bridgehead atoms. The Hall–Kier alpha value is -11.2. The van der Waals surface area contributed by atoms with Crippen LogP contribution >= 0.6 is 0 Å². The fourth-order valence-corrected chi connectivity index (χ4v) is 12.1. The lowest BCUT2D eigenvalue weighted by molar-refractivity contribution is -0.137. The summed E-state index contributed by atoms with van der Waals surface area (Å²) in [4.78, 5) is 215. The maximum atomic E-state index is 15.1. The van der Waals surface area contributed by atoms with Crippen LogP contribution in [-0.4, -0.2) is 216 Å². The fraction of sp³-hybridized carbons (Fsp3) is 0.583. The summed E-state index contributed by atoms with van der Waals surface area (Å²) in [6.45, 7) is 14.8. The van der Waals surface area contributed by atoms with Crippen LogP contribution in [0.1, 0.15) is 154 Å². The molecule has 0 unspecified atom stereocenters. The molecular weight excluding hydrogens is 1430 g/mol. The van der Waals surface area contributed by atoms with Crippen molar-refractivity contribution >= 4 is 70.9 Å². The van der Waals surface area contributed by atoms with Gasteiger partial charge in [0.1, 0.15) is 66.5 Å². The van der Waals surface area contributed by atoms with Crippen LogP contribution in [0.2, 0.25) is 0 Å². The summed E-state index contributed by atoms with van der Waals surface area (Å²) in [6, 6.07) is -15.8. The van der Waals surface area contributed by atoms with Gasteiger partial charge >= 0.3 is 0 Å². The van der Waals surface area contributed by atoms with Gasteiger partial charge in [-0.1, -0.05) is 81.1 Å². The summed E-state index contributed by atoms with van der Waals surface area (Å²) in [5.74, 6) is -11.6. The van der Waals surface area contributed by atoms with Crippen LogP contribution in [0.15, 0.2) is 75.1 Å². The normalized spacial score (nSPS) is 15.7. The molecule has 39 heteroatoms. The third kappa shape index (κ3) is 28.3. The van der Waals surface area contributed by atoms with E-state index in [2.05, 4.69) is 118 Å². The van der Waals surface area contributed by atoms with Gasteiger partial charge in [-0.05, 0) is 75.3 Å². The summed E-state index contributed by atoms with van der Waals surface area (Å²) in [7, 11) is 0. The molecule has 0 saturated heterocycles. The van der Waals surface area contributed by atoms with Gasteiger partial charge in [0, 0.05) is 110 Å². The molecule has 16 atom stereocenters. The quantitative estimate of drug-likeness (QED) is 0.0174. The third-order valence-corrected chi connectivity index (χ3v) is 19.8. The summed E-state index contributed by atoms with van der Waals surface area (Å²) < 4.78 is 0. The molecule has 39 nitrogen and oxygen atoms in total. The maximum Gasteiger partial charge on any atom is 0.243 e. The summed E-state index contributed by atoms with van der Waals surface area (Å²) in [5, 5.41) is 30.6. The number of hydrogen-bond donors (Lipinski definition) is 21. The molecule has 25 N–H and O–H groups in total. The number of hydrogen-bond acceptors (Lipinski definition) is 21. The van der Waals surface area contributed by atoms with Crippen molar-refractivity contribution in [2.24, 2.45) is 46.6 Å². The molecule has 6 aromatic rings. The number of rotatable bonds is 51. The predicted molar refractivity (Wildman–Crippen MR) is 406 cm³/mol. The number of nitrogens with two attached hydrogens (primary N) is 4. The number of nitrogens with zero attached hydrogens (tertiary/aromatic N) is 6. The number of imidazole rings is 6.